The first-order chi connectivity index (χ1) is 9.61. The first-order valence-electron chi connectivity index (χ1n) is 6.26. The molecule has 1 N–H and O–H groups in total. The van der Waals surface area contributed by atoms with Crippen molar-refractivity contribution in [1.82, 2.24) is 9.55 Å². The van der Waals surface area contributed by atoms with Crippen molar-refractivity contribution >= 4 is 17.6 Å². The molecule has 0 saturated heterocycles. The van der Waals surface area contributed by atoms with Gasteiger partial charge < -0.3 is 14.4 Å². The maximum atomic E-state index is 11.0. The van der Waals surface area contributed by atoms with Crippen molar-refractivity contribution in [1.29, 1.82) is 0 Å². The van der Waals surface area contributed by atoms with Crippen LogP contribution < -0.4 is 4.74 Å². The number of nitrogens with zero attached hydrogens (tertiary/aromatic N) is 2. The van der Waals surface area contributed by atoms with Gasteiger partial charge in [0.1, 0.15) is 12.4 Å². The number of imidazole rings is 1. The number of aromatic carboxylic acids is 1. The standard InChI is InChI=1S/C14H15ClN2O3/c1-2-5-17-9-16-7-10(17)8-20-11-3-4-13(15)12(6-11)14(18)19/h3-4,6-7,9H,2,5,8H2,1H3,(H,18,19). The number of halogens is 1. The number of benzene rings is 1. The lowest BCUT2D eigenvalue weighted by Crippen LogP contribution is -2.05. The van der Waals surface area contributed by atoms with Crippen LogP contribution in [0.25, 0.3) is 0 Å². The predicted octanol–water partition coefficient (Wildman–Crippen LogP) is 3.22. The highest BCUT2D eigenvalue weighted by Gasteiger charge is 2.10. The van der Waals surface area contributed by atoms with Gasteiger partial charge in [0.05, 0.1) is 28.8 Å². The van der Waals surface area contributed by atoms with Gasteiger partial charge in [-0.15, -0.1) is 0 Å². The Labute approximate surface area is 121 Å². The van der Waals surface area contributed by atoms with Crippen molar-refractivity contribution in [3.05, 3.63) is 47.0 Å². The van der Waals surface area contributed by atoms with Crippen LogP contribution in [0.3, 0.4) is 0 Å². The van der Waals surface area contributed by atoms with Crippen molar-refractivity contribution in [2.75, 3.05) is 0 Å². The summed E-state index contributed by atoms with van der Waals surface area (Å²) in [7, 11) is 0. The minimum Gasteiger partial charge on any atom is -0.487 e. The predicted molar refractivity (Wildman–Crippen MR) is 75.3 cm³/mol. The molecule has 0 spiro atoms. The number of ether oxygens (including phenoxy) is 1. The molecule has 1 heterocycles. The number of carbonyl (C=O) groups is 1. The van der Waals surface area contributed by atoms with Crippen LogP contribution in [0.4, 0.5) is 0 Å². The summed E-state index contributed by atoms with van der Waals surface area (Å²) >= 11 is 5.81. The largest absolute Gasteiger partial charge is 0.487 e. The number of hydrogen-bond acceptors (Lipinski definition) is 3. The molecule has 20 heavy (non-hydrogen) atoms. The Hall–Kier alpha value is -2.01. The average Bonchev–Trinajstić information content (AvgIpc) is 2.85. The fourth-order valence-electron chi connectivity index (χ4n) is 1.83. The highest BCUT2D eigenvalue weighted by Crippen LogP contribution is 2.22. The number of rotatable bonds is 6. The molecule has 2 aromatic rings. The van der Waals surface area contributed by atoms with Gasteiger partial charge in [-0.3, -0.25) is 0 Å². The highest BCUT2D eigenvalue weighted by molar-refractivity contribution is 6.33. The molecule has 0 unspecified atom stereocenters. The molecular formula is C14H15ClN2O3. The summed E-state index contributed by atoms with van der Waals surface area (Å²) in [6.45, 7) is 3.29. The lowest BCUT2D eigenvalue weighted by Gasteiger charge is -2.09. The molecule has 0 aliphatic carbocycles. The maximum Gasteiger partial charge on any atom is 0.337 e. The van der Waals surface area contributed by atoms with E-state index in [0.717, 1.165) is 18.7 Å². The molecule has 0 fully saturated rings. The second-order valence-corrected chi connectivity index (χ2v) is 4.72. The minimum atomic E-state index is -1.07. The molecule has 0 aliphatic heterocycles. The van der Waals surface area contributed by atoms with E-state index in [2.05, 4.69) is 11.9 Å². The summed E-state index contributed by atoms with van der Waals surface area (Å²) < 4.78 is 7.61. The molecule has 106 valence electrons. The Morgan fingerprint density at radius 2 is 2.30 bits per heavy atom. The van der Waals surface area contributed by atoms with Gasteiger partial charge in [0.25, 0.3) is 0 Å². The Morgan fingerprint density at radius 3 is 3.00 bits per heavy atom. The summed E-state index contributed by atoms with van der Waals surface area (Å²) in [4.78, 5) is 15.1. The fraction of sp³-hybridized carbons (Fsp3) is 0.286. The van der Waals surface area contributed by atoms with Crippen LogP contribution in [0.5, 0.6) is 5.75 Å². The molecule has 0 radical (unpaired) electrons. The van der Waals surface area contributed by atoms with E-state index in [0.29, 0.717) is 12.4 Å². The third-order valence-corrected chi connectivity index (χ3v) is 3.15. The molecule has 1 aromatic carbocycles. The Morgan fingerprint density at radius 1 is 1.50 bits per heavy atom. The van der Waals surface area contributed by atoms with E-state index in [1.165, 1.54) is 12.1 Å². The molecule has 0 aliphatic rings. The summed E-state index contributed by atoms with van der Waals surface area (Å²) in [6, 6.07) is 4.59. The first-order valence-corrected chi connectivity index (χ1v) is 6.64. The summed E-state index contributed by atoms with van der Waals surface area (Å²) in [5.74, 6) is -0.604. The highest BCUT2D eigenvalue weighted by atomic mass is 35.5. The van der Waals surface area contributed by atoms with Crippen LogP contribution in [0.15, 0.2) is 30.7 Å². The minimum absolute atomic E-state index is 0.0335. The topological polar surface area (TPSA) is 64.4 Å². The lowest BCUT2D eigenvalue weighted by molar-refractivity contribution is 0.0696. The molecular weight excluding hydrogens is 280 g/mol. The van der Waals surface area contributed by atoms with E-state index in [1.807, 2.05) is 4.57 Å². The van der Waals surface area contributed by atoms with Gasteiger partial charge in [-0.05, 0) is 24.6 Å². The Kier molecular flexibility index (Phi) is 4.63. The number of aryl methyl sites for hydroxylation is 1. The van der Waals surface area contributed by atoms with Gasteiger partial charge in [0.2, 0.25) is 0 Å². The van der Waals surface area contributed by atoms with Crippen LogP contribution >= 0.6 is 11.6 Å². The van der Waals surface area contributed by atoms with Gasteiger partial charge in [-0.1, -0.05) is 18.5 Å². The first kappa shape index (κ1) is 14.4. The van der Waals surface area contributed by atoms with Crippen molar-refractivity contribution in [3.8, 4) is 5.75 Å². The Bertz CT molecular complexity index is 610. The second kappa shape index (κ2) is 6.43. The van der Waals surface area contributed by atoms with Crippen molar-refractivity contribution in [2.24, 2.45) is 0 Å². The van der Waals surface area contributed by atoms with Gasteiger partial charge in [0.15, 0.2) is 0 Å². The number of hydrogen-bond donors (Lipinski definition) is 1. The van der Waals surface area contributed by atoms with Gasteiger partial charge in [-0.25, -0.2) is 9.78 Å². The van der Waals surface area contributed by atoms with E-state index >= 15 is 0 Å². The van der Waals surface area contributed by atoms with E-state index in [4.69, 9.17) is 21.4 Å². The van der Waals surface area contributed by atoms with Crippen LogP contribution in [0, 0.1) is 0 Å². The van der Waals surface area contributed by atoms with Crippen molar-refractivity contribution < 1.29 is 14.6 Å². The monoisotopic (exact) mass is 294 g/mol. The maximum absolute atomic E-state index is 11.0. The van der Waals surface area contributed by atoms with Gasteiger partial charge in [-0.2, -0.15) is 0 Å². The summed E-state index contributed by atoms with van der Waals surface area (Å²) in [5, 5.41) is 9.20. The van der Waals surface area contributed by atoms with Crippen LogP contribution in [-0.4, -0.2) is 20.6 Å². The zero-order chi connectivity index (χ0) is 14.5. The van der Waals surface area contributed by atoms with Gasteiger partial charge in [0, 0.05) is 6.54 Å². The molecule has 6 heteroatoms. The third kappa shape index (κ3) is 3.30. The van der Waals surface area contributed by atoms with Crippen LogP contribution in [0.2, 0.25) is 5.02 Å². The molecule has 2 rings (SSSR count). The number of carboxylic acid groups (broad SMARTS) is 1. The van der Waals surface area contributed by atoms with Gasteiger partial charge >= 0.3 is 5.97 Å². The van der Waals surface area contributed by atoms with Crippen molar-refractivity contribution in [3.63, 3.8) is 0 Å². The molecule has 0 atom stereocenters. The second-order valence-electron chi connectivity index (χ2n) is 4.31. The summed E-state index contributed by atoms with van der Waals surface area (Å²) in [5.41, 5.74) is 0.977. The van der Waals surface area contributed by atoms with E-state index in [9.17, 15) is 4.79 Å². The zero-order valence-electron chi connectivity index (χ0n) is 11.0. The van der Waals surface area contributed by atoms with E-state index in [1.54, 1.807) is 18.6 Å². The molecule has 1 aromatic heterocycles. The molecule has 0 amide bonds. The third-order valence-electron chi connectivity index (χ3n) is 2.82. The number of aromatic nitrogens is 2. The average molecular weight is 295 g/mol. The van der Waals surface area contributed by atoms with E-state index in [-0.39, 0.29) is 10.6 Å². The quantitative estimate of drug-likeness (QED) is 0.888. The van der Waals surface area contributed by atoms with E-state index < -0.39 is 5.97 Å². The van der Waals surface area contributed by atoms with Crippen LogP contribution in [0.1, 0.15) is 29.4 Å². The summed E-state index contributed by atoms with van der Waals surface area (Å²) in [6.07, 6.45) is 4.50. The lowest BCUT2D eigenvalue weighted by atomic mass is 10.2. The molecule has 0 saturated carbocycles. The fourth-order valence-corrected chi connectivity index (χ4v) is 2.02. The Balaban J connectivity index is 2.09. The number of carboxylic acids is 1. The zero-order valence-corrected chi connectivity index (χ0v) is 11.8. The normalized spacial score (nSPS) is 10.5. The van der Waals surface area contributed by atoms with Crippen molar-refractivity contribution in [2.45, 2.75) is 26.5 Å². The SMILES string of the molecule is CCCn1cncc1COc1ccc(Cl)c(C(=O)O)c1. The smallest absolute Gasteiger partial charge is 0.337 e. The van der Waals surface area contributed by atoms with Crippen LogP contribution in [-0.2, 0) is 13.2 Å². The molecule has 0 bridgehead atoms. The molecule has 5 nitrogen and oxygen atoms in total.